The Morgan fingerprint density at radius 3 is 2.65 bits per heavy atom. The minimum Gasteiger partial charge on any atom is -0.395 e. The fraction of sp³-hybridized carbons (Fsp3) is 0.429. The molecule has 6 heteroatoms. The molecule has 0 saturated carbocycles. The maximum absolute atomic E-state index is 12.3. The van der Waals surface area contributed by atoms with E-state index >= 15 is 0 Å². The van der Waals surface area contributed by atoms with E-state index < -0.39 is 10.0 Å². The smallest absolute Gasteiger partial charge is 0.236 e. The van der Waals surface area contributed by atoms with E-state index in [-0.39, 0.29) is 12.6 Å². The molecule has 0 spiro atoms. The van der Waals surface area contributed by atoms with Crippen LogP contribution in [0.25, 0.3) is 6.08 Å². The van der Waals surface area contributed by atoms with Crippen molar-refractivity contribution in [3.8, 4) is 0 Å². The highest BCUT2D eigenvalue weighted by molar-refractivity contribution is 7.92. The van der Waals surface area contributed by atoms with Gasteiger partial charge in [0.2, 0.25) is 10.0 Å². The van der Waals surface area contributed by atoms with Crippen LogP contribution in [-0.4, -0.2) is 37.0 Å². The first-order valence-corrected chi connectivity index (χ1v) is 8.47. The summed E-state index contributed by atoms with van der Waals surface area (Å²) in [5.74, 6) is 0. The second-order valence-electron chi connectivity index (χ2n) is 4.84. The van der Waals surface area contributed by atoms with Crippen molar-refractivity contribution in [1.29, 1.82) is 0 Å². The topological polar surface area (TPSA) is 57.6 Å². The van der Waals surface area contributed by atoms with Crippen molar-refractivity contribution in [1.82, 2.24) is 4.31 Å². The average molecular weight is 316 g/mol. The fourth-order valence-corrected chi connectivity index (χ4v) is 3.89. The Morgan fingerprint density at radius 1 is 1.30 bits per heavy atom. The Morgan fingerprint density at radius 2 is 2.00 bits per heavy atom. The first kappa shape index (κ1) is 15.5. The van der Waals surface area contributed by atoms with Crippen LogP contribution in [0, 0.1) is 0 Å². The number of benzene rings is 1. The third kappa shape index (κ3) is 3.82. The second-order valence-corrected chi connectivity index (χ2v) is 7.05. The lowest BCUT2D eigenvalue weighted by Gasteiger charge is -2.32. The van der Waals surface area contributed by atoms with Crippen LogP contribution in [0.4, 0.5) is 0 Å². The highest BCUT2D eigenvalue weighted by Crippen LogP contribution is 2.21. The van der Waals surface area contributed by atoms with Crippen LogP contribution in [0.2, 0.25) is 5.02 Å². The van der Waals surface area contributed by atoms with Gasteiger partial charge in [0.05, 0.1) is 6.61 Å². The minimum absolute atomic E-state index is 0.131. The SMILES string of the molecule is O=S(=O)(/C=C/c1ccc(Cl)cc1)N1CCCCC1CO. The first-order chi connectivity index (χ1) is 9.53. The molecule has 2 rings (SSSR count). The molecule has 4 nitrogen and oxygen atoms in total. The summed E-state index contributed by atoms with van der Waals surface area (Å²) < 4.78 is 26.0. The number of hydrogen-bond donors (Lipinski definition) is 1. The molecule has 1 fully saturated rings. The van der Waals surface area contributed by atoms with Crippen molar-refractivity contribution in [2.24, 2.45) is 0 Å². The molecule has 0 amide bonds. The number of halogens is 1. The molecule has 20 heavy (non-hydrogen) atoms. The van der Waals surface area contributed by atoms with E-state index in [9.17, 15) is 13.5 Å². The quantitative estimate of drug-likeness (QED) is 0.928. The Hall–Kier alpha value is -0.880. The highest BCUT2D eigenvalue weighted by atomic mass is 35.5. The van der Waals surface area contributed by atoms with Crippen molar-refractivity contribution < 1.29 is 13.5 Å². The van der Waals surface area contributed by atoms with Crippen molar-refractivity contribution in [2.45, 2.75) is 25.3 Å². The van der Waals surface area contributed by atoms with Gasteiger partial charge in [-0.1, -0.05) is 30.2 Å². The van der Waals surface area contributed by atoms with Gasteiger partial charge in [0.15, 0.2) is 0 Å². The lowest BCUT2D eigenvalue weighted by molar-refractivity contribution is 0.156. The zero-order valence-corrected chi connectivity index (χ0v) is 12.6. The predicted octanol–water partition coefficient (Wildman–Crippen LogP) is 2.49. The summed E-state index contributed by atoms with van der Waals surface area (Å²) in [5.41, 5.74) is 0.774. The summed E-state index contributed by atoms with van der Waals surface area (Å²) in [4.78, 5) is 0. The maximum Gasteiger partial charge on any atom is 0.236 e. The Kier molecular flexibility index (Phi) is 5.21. The Balaban J connectivity index is 2.15. The van der Waals surface area contributed by atoms with Gasteiger partial charge in [0.1, 0.15) is 0 Å². The molecule has 1 heterocycles. The molecule has 0 aliphatic carbocycles. The molecule has 0 aromatic heterocycles. The molecule has 1 aromatic carbocycles. The summed E-state index contributed by atoms with van der Waals surface area (Å²) in [7, 11) is -3.49. The van der Waals surface area contributed by atoms with E-state index in [4.69, 9.17) is 11.6 Å². The van der Waals surface area contributed by atoms with E-state index in [0.717, 1.165) is 18.4 Å². The standard InChI is InChI=1S/C14H18ClNO3S/c15-13-6-4-12(5-7-13)8-10-20(18,19)16-9-2-1-3-14(16)11-17/h4-8,10,14,17H,1-3,9,11H2/b10-8+. The normalized spacial score (nSPS) is 21.4. The number of aliphatic hydroxyl groups excluding tert-OH is 1. The molecule has 0 radical (unpaired) electrons. The van der Waals surface area contributed by atoms with E-state index in [1.54, 1.807) is 30.3 Å². The summed E-state index contributed by atoms with van der Waals surface area (Å²) in [6.45, 7) is 0.340. The largest absolute Gasteiger partial charge is 0.395 e. The molecule has 1 atom stereocenters. The molecule has 0 bridgehead atoms. The number of aliphatic hydroxyl groups is 1. The summed E-state index contributed by atoms with van der Waals surface area (Å²) >= 11 is 5.78. The molecule has 1 N–H and O–H groups in total. The van der Waals surface area contributed by atoms with Gasteiger partial charge in [-0.15, -0.1) is 0 Å². The number of hydrogen-bond acceptors (Lipinski definition) is 3. The van der Waals surface area contributed by atoms with Crippen LogP contribution in [0.5, 0.6) is 0 Å². The van der Waals surface area contributed by atoms with Gasteiger partial charge in [0.25, 0.3) is 0 Å². The van der Waals surface area contributed by atoms with E-state index in [1.165, 1.54) is 9.71 Å². The average Bonchev–Trinajstić information content (AvgIpc) is 2.46. The van der Waals surface area contributed by atoms with Crippen LogP contribution in [-0.2, 0) is 10.0 Å². The summed E-state index contributed by atoms with van der Waals surface area (Å²) in [5, 5.41) is 11.1. The molecule has 1 aliphatic rings. The first-order valence-electron chi connectivity index (χ1n) is 6.59. The van der Waals surface area contributed by atoms with Gasteiger partial charge >= 0.3 is 0 Å². The Bertz CT molecular complexity index is 569. The summed E-state index contributed by atoms with van der Waals surface area (Å²) in [6, 6.07) is 6.64. The third-order valence-corrected chi connectivity index (χ3v) is 5.28. The van der Waals surface area contributed by atoms with Crippen LogP contribution in [0.15, 0.2) is 29.7 Å². The molecular weight excluding hydrogens is 298 g/mol. The molecule has 1 aromatic rings. The van der Waals surface area contributed by atoms with E-state index in [1.807, 2.05) is 0 Å². The number of piperidine rings is 1. The lowest BCUT2D eigenvalue weighted by atomic mass is 10.1. The third-order valence-electron chi connectivity index (χ3n) is 3.41. The van der Waals surface area contributed by atoms with Gasteiger partial charge in [-0.2, -0.15) is 4.31 Å². The van der Waals surface area contributed by atoms with Gasteiger partial charge in [-0.25, -0.2) is 8.42 Å². The van der Waals surface area contributed by atoms with Gasteiger partial charge in [-0.05, 0) is 36.6 Å². The molecule has 1 unspecified atom stereocenters. The minimum atomic E-state index is -3.49. The number of sulfonamides is 1. The maximum atomic E-state index is 12.3. The predicted molar refractivity (Wildman–Crippen MR) is 80.8 cm³/mol. The van der Waals surface area contributed by atoms with Gasteiger partial charge in [0, 0.05) is 23.0 Å². The molecule has 110 valence electrons. The van der Waals surface area contributed by atoms with Gasteiger partial charge < -0.3 is 5.11 Å². The molecular formula is C14H18ClNO3S. The fourth-order valence-electron chi connectivity index (χ4n) is 2.31. The van der Waals surface area contributed by atoms with Crippen molar-refractivity contribution in [3.63, 3.8) is 0 Å². The number of nitrogens with zero attached hydrogens (tertiary/aromatic N) is 1. The monoisotopic (exact) mass is 315 g/mol. The van der Waals surface area contributed by atoms with Crippen LogP contribution >= 0.6 is 11.6 Å². The van der Waals surface area contributed by atoms with E-state index in [0.29, 0.717) is 18.0 Å². The van der Waals surface area contributed by atoms with Gasteiger partial charge in [-0.3, -0.25) is 0 Å². The zero-order chi connectivity index (χ0) is 14.6. The van der Waals surface area contributed by atoms with Crippen LogP contribution < -0.4 is 0 Å². The number of rotatable bonds is 4. The molecule has 1 saturated heterocycles. The second kappa shape index (κ2) is 6.72. The molecule has 1 aliphatic heterocycles. The zero-order valence-electron chi connectivity index (χ0n) is 11.1. The lowest BCUT2D eigenvalue weighted by Crippen LogP contribution is -2.44. The Labute approximate surface area is 124 Å². The highest BCUT2D eigenvalue weighted by Gasteiger charge is 2.29. The summed E-state index contributed by atoms with van der Waals surface area (Å²) in [6.07, 6.45) is 4.06. The van der Waals surface area contributed by atoms with Crippen molar-refractivity contribution in [3.05, 3.63) is 40.3 Å². The van der Waals surface area contributed by atoms with Crippen molar-refractivity contribution >= 4 is 27.7 Å². The van der Waals surface area contributed by atoms with E-state index in [2.05, 4.69) is 0 Å². The van der Waals surface area contributed by atoms with Crippen LogP contribution in [0.3, 0.4) is 0 Å². The van der Waals surface area contributed by atoms with Crippen molar-refractivity contribution in [2.75, 3.05) is 13.2 Å². The van der Waals surface area contributed by atoms with Crippen LogP contribution in [0.1, 0.15) is 24.8 Å².